The van der Waals surface area contributed by atoms with E-state index >= 15 is 0 Å². The van der Waals surface area contributed by atoms with Crippen molar-refractivity contribution in [3.63, 3.8) is 0 Å². The highest BCUT2D eigenvalue weighted by Crippen LogP contribution is 2.34. The second kappa shape index (κ2) is 6.76. The molecule has 0 aliphatic carbocycles. The van der Waals surface area contributed by atoms with Crippen LogP contribution in [0, 0.1) is 5.82 Å². The van der Waals surface area contributed by atoms with Crippen molar-refractivity contribution in [3.8, 4) is 11.3 Å². The molecule has 0 saturated heterocycles. The molecule has 0 unspecified atom stereocenters. The maximum absolute atomic E-state index is 13.1. The normalized spacial score (nSPS) is 10.6. The quantitative estimate of drug-likeness (QED) is 0.637. The number of primary amides is 1. The first-order valence-electron chi connectivity index (χ1n) is 6.77. The number of halogens is 3. The third-order valence-corrected chi connectivity index (χ3v) is 4.76. The van der Waals surface area contributed by atoms with Crippen LogP contribution in [0.1, 0.15) is 0 Å². The van der Waals surface area contributed by atoms with E-state index in [9.17, 15) is 9.18 Å². The highest BCUT2D eigenvalue weighted by atomic mass is 35.5. The number of aromatic nitrogens is 1. The van der Waals surface area contributed by atoms with Gasteiger partial charge in [-0.05, 0) is 36.4 Å². The monoisotopic (exact) mass is 382 g/mol. The Morgan fingerprint density at radius 1 is 1.12 bits per heavy atom. The first-order chi connectivity index (χ1) is 11.5. The Morgan fingerprint density at radius 3 is 2.33 bits per heavy atom. The van der Waals surface area contributed by atoms with Gasteiger partial charge in [0.15, 0.2) is 0 Å². The van der Waals surface area contributed by atoms with Gasteiger partial charge in [0.2, 0.25) is 0 Å². The van der Waals surface area contributed by atoms with Gasteiger partial charge >= 0.3 is 6.03 Å². The molecule has 8 heteroatoms. The fourth-order valence-electron chi connectivity index (χ4n) is 2.17. The molecular formula is C16H11Cl2FN3OS+. The molecule has 0 aliphatic rings. The first-order valence-corrected chi connectivity index (χ1v) is 8.41. The van der Waals surface area contributed by atoms with Gasteiger partial charge in [-0.15, -0.1) is 0 Å². The Bertz CT molecular complexity index is 892. The molecule has 4 nitrogen and oxygen atoms in total. The van der Waals surface area contributed by atoms with Gasteiger partial charge in [-0.2, -0.15) is 4.57 Å². The number of nitrogens with two attached hydrogens (primary N) is 1. The number of hydrogen-bond acceptors (Lipinski definition) is 3. The summed E-state index contributed by atoms with van der Waals surface area (Å²) in [7, 11) is 0. The summed E-state index contributed by atoms with van der Waals surface area (Å²) in [5, 5.41) is 6.04. The molecule has 0 saturated carbocycles. The topological polar surface area (TPSA) is 59.0 Å². The Labute approximate surface area is 151 Å². The molecule has 0 aliphatic heterocycles. The van der Waals surface area contributed by atoms with Crippen molar-refractivity contribution < 1.29 is 13.8 Å². The van der Waals surface area contributed by atoms with Gasteiger partial charge in [0.25, 0.3) is 5.13 Å². The molecule has 1 heterocycles. The number of hydrogen-bond donors (Lipinski definition) is 2. The Kier molecular flexibility index (Phi) is 4.71. The predicted octanol–water partition coefficient (Wildman–Crippen LogP) is 4.82. The van der Waals surface area contributed by atoms with Crippen molar-refractivity contribution in [1.82, 2.24) is 0 Å². The first kappa shape index (κ1) is 16.7. The zero-order valence-electron chi connectivity index (χ0n) is 12.1. The maximum Gasteiger partial charge on any atom is 0.439 e. The molecule has 1 amide bonds. The minimum Gasteiger partial charge on any atom is -0.283 e. The molecule has 1 aromatic heterocycles. The van der Waals surface area contributed by atoms with Crippen LogP contribution in [0.3, 0.4) is 0 Å². The van der Waals surface area contributed by atoms with E-state index in [-0.39, 0.29) is 5.82 Å². The number of benzene rings is 2. The number of amides is 1. The molecule has 122 valence electrons. The summed E-state index contributed by atoms with van der Waals surface area (Å²) >= 11 is 13.5. The molecule has 0 radical (unpaired) electrons. The summed E-state index contributed by atoms with van der Waals surface area (Å²) in [5.74, 6) is -0.360. The van der Waals surface area contributed by atoms with E-state index in [1.165, 1.54) is 28.0 Å². The van der Waals surface area contributed by atoms with Crippen LogP contribution in [-0.2, 0) is 0 Å². The number of carbonyl (C=O) groups excluding carboxylic acids is 1. The van der Waals surface area contributed by atoms with Crippen LogP contribution in [0.2, 0.25) is 10.0 Å². The molecule has 0 fully saturated rings. The van der Waals surface area contributed by atoms with E-state index in [2.05, 4.69) is 5.32 Å². The molecule has 0 atom stereocenters. The van der Waals surface area contributed by atoms with Crippen molar-refractivity contribution >= 4 is 51.4 Å². The van der Waals surface area contributed by atoms with Crippen molar-refractivity contribution in [2.75, 3.05) is 5.32 Å². The van der Waals surface area contributed by atoms with Crippen LogP contribution < -0.4 is 15.6 Å². The van der Waals surface area contributed by atoms with Gasteiger partial charge in [-0.3, -0.25) is 11.1 Å². The van der Waals surface area contributed by atoms with E-state index < -0.39 is 6.03 Å². The number of nitrogens with zero attached hydrogens (tertiary/aromatic N) is 1. The van der Waals surface area contributed by atoms with Crippen LogP contribution in [0.5, 0.6) is 0 Å². The highest BCUT2D eigenvalue weighted by molar-refractivity contribution is 7.13. The molecule has 3 rings (SSSR count). The van der Waals surface area contributed by atoms with Crippen LogP contribution in [0.4, 0.5) is 20.0 Å². The lowest BCUT2D eigenvalue weighted by atomic mass is 10.2. The summed E-state index contributed by atoms with van der Waals surface area (Å²) in [6.45, 7) is 0. The van der Waals surface area contributed by atoms with Gasteiger partial charge in [0, 0.05) is 10.9 Å². The largest absolute Gasteiger partial charge is 0.439 e. The van der Waals surface area contributed by atoms with E-state index in [1.54, 1.807) is 35.7 Å². The van der Waals surface area contributed by atoms with E-state index in [0.717, 1.165) is 0 Å². The lowest BCUT2D eigenvalue weighted by Gasteiger charge is -2.06. The number of para-hydroxylation sites is 1. The summed E-state index contributed by atoms with van der Waals surface area (Å²) in [5.41, 5.74) is 7.18. The van der Waals surface area contributed by atoms with Gasteiger partial charge in [0.05, 0.1) is 10.0 Å². The van der Waals surface area contributed by atoms with Crippen LogP contribution in [0.15, 0.2) is 47.8 Å². The summed E-state index contributed by atoms with van der Waals surface area (Å²) < 4.78 is 14.4. The molecular weight excluding hydrogens is 372 g/mol. The third-order valence-electron chi connectivity index (χ3n) is 3.28. The van der Waals surface area contributed by atoms with E-state index in [4.69, 9.17) is 28.9 Å². The minimum absolute atomic E-state index is 0.360. The van der Waals surface area contributed by atoms with Crippen LogP contribution in [0.25, 0.3) is 11.3 Å². The summed E-state index contributed by atoms with van der Waals surface area (Å²) in [6.07, 6.45) is 0. The van der Waals surface area contributed by atoms with Crippen molar-refractivity contribution in [2.45, 2.75) is 0 Å². The number of rotatable bonds is 3. The molecule has 24 heavy (non-hydrogen) atoms. The van der Waals surface area contributed by atoms with Crippen molar-refractivity contribution in [3.05, 3.63) is 63.7 Å². The summed E-state index contributed by atoms with van der Waals surface area (Å²) in [6, 6.07) is 10.2. The van der Waals surface area contributed by atoms with Crippen LogP contribution in [-0.4, -0.2) is 6.03 Å². The fourth-order valence-corrected chi connectivity index (χ4v) is 3.58. The van der Waals surface area contributed by atoms with Gasteiger partial charge in [-0.1, -0.05) is 40.6 Å². The van der Waals surface area contributed by atoms with E-state index in [0.29, 0.717) is 32.1 Å². The van der Waals surface area contributed by atoms with Crippen molar-refractivity contribution in [1.29, 1.82) is 0 Å². The number of carbonyl (C=O) groups is 1. The standard InChI is InChI=1S/C16H10Cl2FN3OS/c17-11-2-1-3-12(18)14(11)21-16-22(15(20)23)13(8-24-16)9-4-6-10(19)7-5-9/h1-8H,(H2,20,23)/p+1. The lowest BCUT2D eigenvalue weighted by molar-refractivity contribution is -0.537. The molecule has 3 N–H and O–H groups in total. The average Bonchev–Trinajstić information content (AvgIpc) is 2.96. The highest BCUT2D eigenvalue weighted by Gasteiger charge is 2.23. The molecule has 2 aromatic carbocycles. The number of nitrogens with one attached hydrogen (secondary N) is 1. The third kappa shape index (κ3) is 3.21. The second-order valence-corrected chi connectivity index (χ2v) is 6.50. The zero-order chi connectivity index (χ0) is 17.3. The fraction of sp³-hybridized carbons (Fsp3) is 0. The number of anilines is 2. The predicted molar refractivity (Wildman–Crippen MR) is 94.6 cm³/mol. The average molecular weight is 383 g/mol. The van der Waals surface area contributed by atoms with Gasteiger partial charge in [-0.25, -0.2) is 9.18 Å². The van der Waals surface area contributed by atoms with Gasteiger partial charge < -0.3 is 0 Å². The van der Waals surface area contributed by atoms with E-state index in [1.807, 2.05) is 0 Å². The SMILES string of the molecule is NC(=O)[n+]1c(-c2ccc(F)cc2)csc1Nc1c(Cl)cccc1Cl. The van der Waals surface area contributed by atoms with Crippen molar-refractivity contribution in [2.24, 2.45) is 5.73 Å². The molecule has 0 spiro atoms. The Hall–Kier alpha value is -2.15. The smallest absolute Gasteiger partial charge is 0.283 e. The second-order valence-electron chi connectivity index (χ2n) is 4.83. The Morgan fingerprint density at radius 2 is 1.75 bits per heavy atom. The number of thiazole rings is 1. The Balaban J connectivity index is 2.07. The van der Waals surface area contributed by atoms with Gasteiger partial charge in [0.1, 0.15) is 17.2 Å². The zero-order valence-corrected chi connectivity index (χ0v) is 14.4. The maximum atomic E-state index is 13.1. The molecule has 3 aromatic rings. The van der Waals surface area contributed by atoms with Crippen LogP contribution >= 0.6 is 34.5 Å². The molecule has 0 bridgehead atoms. The summed E-state index contributed by atoms with van der Waals surface area (Å²) in [4.78, 5) is 11.9. The minimum atomic E-state index is -0.679. The lowest BCUT2D eigenvalue weighted by Crippen LogP contribution is -2.48.